The van der Waals surface area contributed by atoms with Crippen LogP contribution >= 0.6 is 0 Å². The van der Waals surface area contributed by atoms with E-state index in [0.717, 1.165) is 6.07 Å². The molecule has 2 rings (SSSR count). The van der Waals surface area contributed by atoms with Gasteiger partial charge >= 0.3 is 5.97 Å². The van der Waals surface area contributed by atoms with Gasteiger partial charge in [-0.25, -0.2) is 18.0 Å². The van der Waals surface area contributed by atoms with Gasteiger partial charge < -0.3 is 10.8 Å². The molecule has 118 valence electrons. The minimum atomic E-state index is -1.25. The normalized spacial score (nSPS) is 12.4. The number of carboxylic acids is 1. The molecule has 6 nitrogen and oxygen atoms in total. The summed E-state index contributed by atoms with van der Waals surface area (Å²) in [5.41, 5.74) is 5.60. The summed E-state index contributed by atoms with van der Waals surface area (Å²) >= 11 is 0. The zero-order chi connectivity index (χ0) is 16.3. The molecule has 0 fully saturated rings. The molecule has 9 heteroatoms. The Labute approximate surface area is 123 Å². The topological polar surface area (TPSA) is 94.0 Å². The van der Waals surface area contributed by atoms with E-state index in [1.54, 1.807) is 0 Å². The molecule has 0 aliphatic heterocycles. The van der Waals surface area contributed by atoms with Crippen LogP contribution < -0.4 is 5.73 Å². The predicted molar refractivity (Wildman–Crippen MR) is 69.6 cm³/mol. The fourth-order valence-corrected chi connectivity index (χ4v) is 1.91. The first-order valence-corrected chi connectivity index (χ1v) is 6.39. The number of aromatic nitrogens is 3. The Hall–Kier alpha value is -2.42. The number of nitrogens with zero attached hydrogens (tertiary/aromatic N) is 3. The van der Waals surface area contributed by atoms with Gasteiger partial charge in [0.05, 0.1) is 6.20 Å². The minimum absolute atomic E-state index is 0.0174. The number of hydrogen-bond donors (Lipinski definition) is 2. The molecule has 0 bridgehead atoms. The van der Waals surface area contributed by atoms with E-state index in [0.29, 0.717) is 12.5 Å². The lowest BCUT2D eigenvalue weighted by molar-refractivity contribution is 0.0690. The van der Waals surface area contributed by atoms with Gasteiger partial charge in [-0.05, 0) is 24.5 Å². The number of aromatic carboxylic acids is 1. The number of rotatable bonds is 6. The largest absolute Gasteiger partial charge is 0.476 e. The lowest BCUT2D eigenvalue weighted by Gasteiger charge is -2.12. The van der Waals surface area contributed by atoms with Crippen LogP contribution in [0.2, 0.25) is 0 Å². The van der Waals surface area contributed by atoms with Gasteiger partial charge in [-0.15, -0.1) is 5.10 Å². The lowest BCUT2D eigenvalue weighted by atomic mass is 10.0. The van der Waals surface area contributed by atoms with E-state index in [4.69, 9.17) is 10.8 Å². The molecule has 0 aliphatic carbocycles. The first kappa shape index (κ1) is 16.0. The van der Waals surface area contributed by atoms with Crippen molar-refractivity contribution >= 4 is 5.97 Å². The zero-order valence-corrected chi connectivity index (χ0v) is 11.3. The van der Waals surface area contributed by atoms with Gasteiger partial charge in [-0.2, -0.15) is 0 Å². The maximum atomic E-state index is 13.5. The molecule has 0 amide bonds. The Morgan fingerprint density at radius 1 is 1.27 bits per heavy atom. The quantitative estimate of drug-likeness (QED) is 0.785. The Morgan fingerprint density at radius 3 is 2.59 bits per heavy atom. The van der Waals surface area contributed by atoms with Gasteiger partial charge in [-0.1, -0.05) is 5.21 Å². The molecule has 0 unspecified atom stereocenters. The third kappa shape index (κ3) is 3.82. The summed E-state index contributed by atoms with van der Waals surface area (Å²) < 4.78 is 40.7. The summed E-state index contributed by atoms with van der Waals surface area (Å²) in [6, 6.07) is 0.730. The van der Waals surface area contributed by atoms with E-state index < -0.39 is 29.5 Å². The number of hydrogen-bond acceptors (Lipinski definition) is 4. The highest BCUT2D eigenvalue weighted by Gasteiger charge is 2.14. The Morgan fingerprint density at radius 2 is 1.95 bits per heavy atom. The molecular formula is C13H13F3N4O2. The highest BCUT2D eigenvalue weighted by molar-refractivity contribution is 5.84. The fraction of sp³-hybridized carbons (Fsp3) is 0.308. The van der Waals surface area contributed by atoms with E-state index in [1.165, 1.54) is 10.9 Å². The summed E-state index contributed by atoms with van der Waals surface area (Å²) in [5.74, 6) is -4.44. The maximum absolute atomic E-state index is 13.5. The van der Waals surface area contributed by atoms with E-state index in [-0.39, 0.29) is 24.2 Å². The Balaban J connectivity index is 1.94. The van der Waals surface area contributed by atoms with E-state index >= 15 is 0 Å². The number of aryl methyl sites for hydroxylation is 1. The van der Waals surface area contributed by atoms with Crippen LogP contribution in [0.3, 0.4) is 0 Å². The molecule has 2 aromatic rings. The molecule has 1 aromatic heterocycles. The molecule has 0 saturated heterocycles. The highest BCUT2D eigenvalue weighted by atomic mass is 19.2. The van der Waals surface area contributed by atoms with Crippen molar-refractivity contribution in [2.24, 2.45) is 5.73 Å². The number of carboxylic acid groups (broad SMARTS) is 1. The van der Waals surface area contributed by atoms with Crippen LogP contribution in [0.5, 0.6) is 0 Å². The molecule has 0 aliphatic rings. The molecule has 1 aromatic carbocycles. The summed E-state index contributed by atoms with van der Waals surface area (Å²) in [7, 11) is 0. The zero-order valence-electron chi connectivity index (χ0n) is 11.3. The van der Waals surface area contributed by atoms with Crippen LogP contribution in [0.1, 0.15) is 22.5 Å². The van der Waals surface area contributed by atoms with Gasteiger partial charge in [0.1, 0.15) is 5.82 Å². The first-order chi connectivity index (χ1) is 10.4. The van der Waals surface area contributed by atoms with Crippen molar-refractivity contribution in [1.29, 1.82) is 0 Å². The van der Waals surface area contributed by atoms with Crippen LogP contribution in [0.25, 0.3) is 0 Å². The van der Waals surface area contributed by atoms with Crippen molar-refractivity contribution in [2.75, 3.05) is 0 Å². The first-order valence-electron chi connectivity index (χ1n) is 6.39. The Kier molecular flexibility index (Phi) is 4.76. The fourth-order valence-electron chi connectivity index (χ4n) is 1.91. The second-order valence-corrected chi connectivity index (χ2v) is 4.78. The van der Waals surface area contributed by atoms with Crippen molar-refractivity contribution in [3.05, 3.63) is 47.0 Å². The second-order valence-electron chi connectivity index (χ2n) is 4.78. The average Bonchev–Trinajstić information content (AvgIpc) is 2.91. The maximum Gasteiger partial charge on any atom is 0.358 e. The van der Waals surface area contributed by atoms with Crippen molar-refractivity contribution in [3.8, 4) is 0 Å². The van der Waals surface area contributed by atoms with E-state index in [1.807, 2.05) is 0 Å². The third-order valence-corrected chi connectivity index (χ3v) is 3.06. The number of benzene rings is 1. The lowest BCUT2D eigenvalue weighted by Crippen LogP contribution is -2.25. The molecule has 3 N–H and O–H groups in total. The van der Waals surface area contributed by atoms with Gasteiger partial charge in [-0.3, -0.25) is 4.68 Å². The smallest absolute Gasteiger partial charge is 0.358 e. The van der Waals surface area contributed by atoms with Crippen molar-refractivity contribution < 1.29 is 23.1 Å². The van der Waals surface area contributed by atoms with Crippen molar-refractivity contribution in [3.63, 3.8) is 0 Å². The summed E-state index contributed by atoms with van der Waals surface area (Å²) in [6.07, 6.45) is 1.59. The van der Waals surface area contributed by atoms with Crippen molar-refractivity contribution in [1.82, 2.24) is 15.0 Å². The average molecular weight is 314 g/mol. The molecular weight excluding hydrogens is 301 g/mol. The Bertz CT molecular complexity index is 690. The molecule has 22 heavy (non-hydrogen) atoms. The summed E-state index contributed by atoms with van der Waals surface area (Å²) in [4.78, 5) is 10.6. The third-order valence-electron chi connectivity index (χ3n) is 3.06. The SMILES string of the molecule is N[C@@H](CCn1cc(C(=O)O)nn1)Cc1cc(F)c(F)cc1F. The number of carbonyl (C=O) groups is 1. The van der Waals surface area contributed by atoms with Crippen LogP contribution in [-0.2, 0) is 13.0 Å². The van der Waals surface area contributed by atoms with E-state index in [2.05, 4.69) is 10.3 Å². The van der Waals surface area contributed by atoms with Gasteiger partial charge in [0.2, 0.25) is 0 Å². The second kappa shape index (κ2) is 6.56. The van der Waals surface area contributed by atoms with Crippen LogP contribution in [0, 0.1) is 17.5 Å². The molecule has 1 atom stereocenters. The molecule has 0 saturated carbocycles. The molecule has 0 radical (unpaired) electrons. The summed E-state index contributed by atoms with van der Waals surface area (Å²) in [5, 5.41) is 15.7. The van der Waals surface area contributed by atoms with Gasteiger partial charge in [0.15, 0.2) is 17.3 Å². The van der Waals surface area contributed by atoms with Gasteiger partial charge in [0.25, 0.3) is 0 Å². The number of halogens is 3. The van der Waals surface area contributed by atoms with Crippen molar-refractivity contribution in [2.45, 2.75) is 25.4 Å². The van der Waals surface area contributed by atoms with E-state index in [9.17, 15) is 18.0 Å². The highest BCUT2D eigenvalue weighted by Crippen LogP contribution is 2.15. The predicted octanol–water partition coefficient (Wildman–Crippen LogP) is 1.35. The van der Waals surface area contributed by atoms with Crippen LogP contribution in [0.15, 0.2) is 18.3 Å². The van der Waals surface area contributed by atoms with Gasteiger partial charge in [0, 0.05) is 18.7 Å². The number of nitrogens with two attached hydrogens (primary N) is 1. The summed E-state index contributed by atoms with van der Waals surface area (Å²) in [6.45, 7) is 0.271. The molecule has 0 spiro atoms. The minimum Gasteiger partial charge on any atom is -0.476 e. The standard InChI is InChI=1S/C13H13F3N4O2/c14-9-5-11(16)10(15)4-7(9)3-8(17)1-2-20-6-12(13(21)22)18-19-20/h4-6,8H,1-3,17H2,(H,21,22)/t8-/m0/s1. The monoisotopic (exact) mass is 314 g/mol. The van der Waals surface area contributed by atoms with Crippen LogP contribution in [0.4, 0.5) is 13.2 Å². The van der Waals surface area contributed by atoms with Crippen LogP contribution in [-0.4, -0.2) is 32.1 Å². The molecule has 1 heterocycles.